The van der Waals surface area contributed by atoms with Crippen LogP contribution >= 0.6 is 24.0 Å². The summed E-state index contributed by atoms with van der Waals surface area (Å²) in [5.41, 5.74) is 2.45. The van der Waals surface area contributed by atoms with E-state index in [4.69, 9.17) is 4.74 Å². The molecular formula is C25H38IN5O2. The summed E-state index contributed by atoms with van der Waals surface area (Å²) in [5, 5.41) is 9.58. The average molecular weight is 568 g/mol. The summed E-state index contributed by atoms with van der Waals surface area (Å²) in [4.78, 5) is 18.7. The van der Waals surface area contributed by atoms with Crippen LogP contribution in [-0.4, -0.2) is 56.6 Å². The SMILES string of the molecule is CN=C(NCc1cccc(C(=O)NCCN(C)C)c1)NCc1ccccc1OC(C)(C)C.I. The minimum absolute atomic E-state index is 0. The minimum Gasteiger partial charge on any atom is -0.488 e. The van der Waals surface area contributed by atoms with Gasteiger partial charge in [-0.15, -0.1) is 24.0 Å². The number of nitrogens with zero attached hydrogens (tertiary/aromatic N) is 2. The molecule has 0 unspecified atom stereocenters. The predicted molar refractivity (Wildman–Crippen MR) is 147 cm³/mol. The highest BCUT2D eigenvalue weighted by Gasteiger charge is 2.14. The topological polar surface area (TPSA) is 78.0 Å². The Balaban J connectivity index is 0.00000544. The fraction of sp³-hybridized carbons (Fsp3) is 0.440. The van der Waals surface area contributed by atoms with Crippen LogP contribution in [0.4, 0.5) is 0 Å². The van der Waals surface area contributed by atoms with Crippen molar-refractivity contribution in [1.82, 2.24) is 20.9 Å². The first-order chi connectivity index (χ1) is 15.2. The molecule has 7 nitrogen and oxygen atoms in total. The van der Waals surface area contributed by atoms with Crippen molar-refractivity contribution in [2.45, 2.75) is 39.5 Å². The first kappa shape index (κ1) is 28.7. The number of para-hydroxylation sites is 1. The van der Waals surface area contributed by atoms with Crippen LogP contribution < -0.4 is 20.7 Å². The maximum absolute atomic E-state index is 12.4. The van der Waals surface area contributed by atoms with Crippen molar-refractivity contribution in [1.29, 1.82) is 0 Å². The van der Waals surface area contributed by atoms with Gasteiger partial charge >= 0.3 is 0 Å². The number of likely N-dealkylation sites (N-methyl/N-ethyl adjacent to an activating group) is 1. The highest BCUT2D eigenvalue weighted by molar-refractivity contribution is 14.0. The molecule has 2 aromatic carbocycles. The fourth-order valence-corrected chi connectivity index (χ4v) is 2.98. The van der Waals surface area contributed by atoms with E-state index in [0.29, 0.717) is 31.2 Å². The number of aliphatic imine (C=N–C) groups is 1. The molecule has 0 fully saturated rings. The number of benzene rings is 2. The summed E-state index contributed by atoms with van der Waals surface area (Å²) >= 11 is 0. The summed E-state index contributed by atoms with van der Waals surface area (Å²) in [6.07, 6.45) is 0. The second-order valence-electron chi connectivity index (χ2n) is 8.86. The van der Waals surface area contributed by atoms with Crippen molar-refractivity contribution in [3.8, 4) is 5.75 Å². The van der Waals surface area contributed by atoms with Crippen molar-refractivity contribution in [2.75, 3.05) is 34.2 Å². The van der Waals surface area contributed by atoms with Gasteiger partial charge in [-0.1, -0.05) is 30.3 Å². The Morgan fingerprint density at radius 3 is 2.36 bits per heavy atom. The summed E-state index contributed by atoms with van der Waals surface area (Å²) < 4.78 is 6.06. The lowest BCUT2D eigenvalue weighted by atomic mass is 10.1. The quantitative estimate of drug-likeness (QED) is 0.245. The number of hydrogen-bond acceptors (Lipinski definition) is 4. The van der Waals surface area contributed by atoms with Crippen LogP contribution in [0.5, 0.6) is 5.75 Å². The molecule has 2 aromatic rings. The van der Waals surface area contributed by atoms with E-state index in [1.807, 2.05) is 88.3 Å². The fourth-order valence-electron chi connectivity index (χ4n) is 2.98. The van der Waals surface area contributed by atoms with Gasteiger partial charge in [-0.25, -0.2) is 0 Å². The first-order valence-electron chi connectivity index (χ1n) is 10.9. The molecule has 0 aromatic heterocycles. The van der Waals surface area contributed by atoms with Gasteiger partial charge in [-0.2, -0.15) is 0 Å². The van der Waals surface area contributed by atoms with Gasteiger partial charge < -0.3 is 25.6 Å². The maximum Gasteiger partial charge on any atom is 0.251 e. The summed E-state index contributed by atoms with van der Waals surface area (Å²) in [5.74, 6) is 1.47. The van der Waals surface area contributed by atoms with Crippen LogP contribution in [0.2, 0.25) is 0 Å². The van der Waals surface area contributed by atoms with Gasteiger partial charge in [0.05, 0.1) is 0 Å². The normalized spacial score (nSPS) is 11.5. The lowest BCUT2D eigenvalue weighted by Crippen LogP contribution is -2.36. The zero-order chi connectivity index (χ0) is 23.6. The second-order valence-corrected chi connectivity index (χ2v) is 8.86. The van der Waals surface area contributed by atoms with Gasteiger partial charge in [0, 0.05) is 44.4 Å². The van der Waals surface area contributed by atoms with Gasteiger partial charge in [0.15, 0.2) is 5.96 Å². The van der Waals surface area contributed by atoms with E-state index in [1.165, 1.54) is 0 Å². The molecule has 0 aliphatic rings. The number of hydrogen-bond donors (Lipinski definition) is 3. The third-order valence-electron chi connectivity index (χ3n) is 4.55. The number of rotatable bonds is 9. The Morgan fingerprint density at radius 1 is 1.00 bits per heavy atom. The molecule has 182 valence electrons. The van der Waals surface area contributed by atoms with Gasteiger partial charge in [0.2, 0.25) is 0 Å². The molecule has 0 aliphatic heterocycles. The van der Waals surface area contributed by atoms with Crippen molar-refractivity contribution in [3.05, 3.63) is 65.2 Å². The zero-order valence-corrected chi connectivity index (χ0v) is 22.9. The van der Waals surface area contributed by atoms with E-state index < -0.39 is 0 Å². The standard InChI is InChI=1S/C25H37N5O2.HI/c1-25(2,3)32-22-13-8-7-11-21(22)18-29-24(26-4)28-17-19-10-9-12-20(16-19)23(31)27-14-15-30(5)6;/h7-13,16H,14-15,17-18H2,1-6H3,(H,27,31)(H2,26,28,29);1H. The maximum atomic E-state index is 12.4. The Labute approximate surface area is 215 Å². The third-order valence-corrected chi connectivity index (χ3v) is 4.55. The molecule has 33 heavy (non-hydrogen) atoms. The van der Waals surface area contributed by atoms with Gasteiger partial charge in [0.25, 0.3) is 5.91 Å². The predicted octanol–water partition coefficient (Wildman–Crippen LogP) is 3.64. The molecule has 0 heterocycles. The van der Waals surface area contributed by atoms with Crippen molar-refractivity contribution in [3.63, 3.8) is 0 Å². The first-order valence-corrected chi connectivity index (χ1v) is 10.9. The zero-order valence-electron chi connectivity index (χ0n) is 20.6. The van der Waals surface area contributed by atoms with Crippen LogP contribution in [0.3, 0.4) is 0 Å². The number of guanidine groups is 1. The summed E-state index contributed by atoms with van der Waals surface area (Å²) in [6.45, 7) is 8.67. The Morgan fingerprint density at radius 2 is 1.70 bits per heavy atom. The lowest BCUT2D eigenvalue weighted by Gasteiger charge is -2.23. The molecule has 1 amide bonds. The second kappa shape index (κ2) is 14.0. The van der Waals surface area contributed by atoms with Gasteiger partial charge in [-0.3, -0.25) is 9.79 Å². The molecule has 8 heteroatoms. The van der Waals surface area contributed by atoms with E-state index in [2.05, 4.69) is 20.9 Å². The van der Waals surface area contributed by atoms with Crippen LogP contribution in [0, 0.1) is 0 Å². The highest BCUT2D eigenvalue weighted by Crippen LogP contribution is 2.22. The Bertz CT molecular complexity index is 910. The molecule has 2 rings (SSSR count). The molecule has 0 spiro atoms. The monoisotopic (exact) mass is 567 g/mol. The summed E-state index contributed by atoms with van der Waals surface area (Å²) in [6, 6.07) is 15.6. The minimum atomic E-state index is -0.264. The number of carbonyl (C=O) groups is 1. The third kappa shape index (κ3) is 10.9. The number of ether oxygens (including phenoxy) is 1. The van der Waals surface area contributed by atoms with Crippen LogP contribution in [0.15, 0.2) is 53.5 Å². The summed E-state index contributed by atoms with van der Waals surface area (Å²) in [7, 11) is 5.70. The molecule has 0 radical (unpaired) electrons. The number of nitrogens with one attached hydrogen (secondary N) is 3. The van der Waals surface area contributed by atoms with E-state index in [9.17, 15) is 4.79 Å². The smallest absolute Gasteiger partial charge is 0.251 e. The van der Waals surface area contributed by atoms with Crippen molar-refractivity contribution >= 4 is 35.8 Å². The van der Waals surface area contributed by atoms with Crippen molar-refractivity contribution < 1.29 is 9.53 Å². The molecule has 0 atom stereocenters. The molecule has 0 bridgehead atoms. The molecule has 0 aliphatic carbocycles. The van der Waals surface area contributed by atoms with E-state index in [0.717, 1.165) is 23.4 Å². The van der Waals surface area contributed by atoms with Crippen LogP contribution in [0.25, 0.3) is 0 Å². The van der Waals surface area contributed by atoms with E-state index in [1.54, 1.807) is 7.05 Å². The average Bonchev–Trinajstić information content (AvgIpc) is 2.73. The van der Waals surface area contributed by atoms with Crippen LogP contribution in [0.1, 0.15) is 42.3 Å². The molecule has 0 saturated heterocycles. The molecular weight excluding hydrogens is 529 g/mol. The largest absolute Gasteiger partial charge is 0.488 e. The van der Waals surface area contributed by atoms with E-state index in [-0.39, 0.29) is 35.5 Å². The van der Waals surface area contributed by atoms with Crippen molar-refractivity contribution in [2.24, 2.45) is 4.99 Å². The number of carbonyl (C=O) groups excluding carboxylic acids is 1. The van der Waals surface area contributed by atoms with Gasteiger partial charge in [-0.05, 0) is 58.6 Å². The van der Waals surface area contributed by atoms with Crippen LogP contribution in [-0.2, 0) is 13.1 Å². The number of amides is 1. The van der Waals surface area contributed by atoms with Gasteiger partial charge in [0.1, 0.15) is 11.4 Å². The molecule has 0 saturated carbocycles. The highest BCUT2D eigenvalue weighted by atomic mass is 127. The number of halogens is 1. The lowest BCUT2D eigenvalue weighted by molar-refractivity contribution is 0.0951. The Hall–Kier alpha value is -2.33. The molecule has 3 N–H and O–H groups in total. The Kier molecular flexibility index (Phi) is 12.2. The van der Waals surface area contributed by atoms with E-state index >= 15 is 0 Å².